The molecule has 0 radical (unpaired) electrons. The summed E-state index contributed by atoms with van der Waals surface area (Å²) in [7, 11) is 0. The summed E-state index contributed by atoms with van der Waals surface area (Å²) in [6, 6.07) is 6.32. The van der Waals surface area contributed by atoms with Crippen LogP contribution in [0.1, 0.15) is 37.4 Å². The molecule has 1 aromatic rings. The molecule has 0 bridgehead atoms. The number of hydrogen-bond donors (Lipinski definition) is 2. The molecule has 2 rings (SSSR count). The molecule has 0 saturated carbocycles. The van der Waals surface area contributed by atoms with E-state index in [1.807, 2.05) is 6.07 Å². The molecule has 94 valence electrons. The molecule has 0 amide bonds. The Morgan fingerprint density at radius 1 is 1.41 bits per heavy atom. The van der Waals surface area contributed by atoms with Crippen molar-refractivity contribution >= 4 is 0 Å². The Hall–Kier alpha value is -1.06. The first-order chi connectivity index (χ1) is 8.04. The summed E-state index contributed by atoms with van der Waals surface area (Å²) >= 11 is 0. The fourth-order valence-corrected chi connectivity index (χ4v) is 2.38. The van der Waals surface area contributed by atoms with E-state index in [9.17, 15) is 0 Å². The van der Waals surface area contributed by atoms with Crippen LogP contribution in [0.3, 0.4) is 0 Å². The van der Waals surface area contributed by atoms with Crippen LogP contribution in [-0.2, 0) is 6.42 Å². The number of ether oxygens (including phenoxy) is 1. The van der Waals surface area contributed by atoms with Crippen LogP contribution in [0.15, 0.2) is 18.2 Å². The minimum absolute atomic E-state index is 0.0250. The van der Waals surface area contributed by atoms with Gasteiger partial charge >= 0.3 is 0 Å². The van der Waals surface area contributed by atoms with Gasteiger partial charge in [0.25, 0.3) is 0 Å². The van der Waals surface area contributed by atoms with Crippen LogP contribution in [0.4, 0.5) is 0 Å². The summed E-state index contributed by atoms with van der Waals surface area (Å²) in [5, 5.41) is 0. The zero-order chi connectivity index (χ0) is 12.5. The zero-order valence-electron chi connectivity index (χ0n) is 10.7. The van der Waals surface area contributed by atoms with Gasteiger partial charge in [0, 0.05) is 12.5 Å². The maximum atomic E-state index is 6.36. The molecule has 1 atom stereocenters. The molecular formula is C14H22N2O. The van der Waals surface area contributed by atoms with Crippen LogP contribution in [0, 0.1) is 5.41 Å². The molecule has 3 nitrogen and oxygen atoms in total. The second-order valence-corrected chi connectivity index (χ2v) is 5.47. The fraction of sp³-hybridized carbons (Fsp3) is 0.571. The lowest BCUT2D eigenvalue weighted by molar-refractivity contribution is 0.271. The summed E-state index contributed by atoms with van der Waals surface area (Å²) in [5.74, 6) is 1.01. The third-order valence-electron chi connectivity index (χ3n) is 3.70. The van der Waals surface area contributed by atoms with Crippen LogP contribution < -0.4 is 16.2 Å². The number of hydrogen-bond acceptors (Lipinski definition) is 3. The topological polar surface area (TPSA) is 61.3 Å². The monoisotopic (exact) mass is 234 g/mol. The van der Waals surface area contributed by atoms with Gasteiger partial charge in [-0.25, -0.2) is 0 Å². The van der Waals surface area contributed by atoms with E-state index in [-0.39, 0.29) is 11.5 Å². The number of rotatable bonds is 4. The molecule has 4 N–H and O–H groups in total. The van der Waals surface area contributed by atoms with Gasteiger partial charge in [-0.1, -0.05) is 26.0 Å². The normalized spacial score (nSPS) is 16.5. The van der Waals surface area contributed by atoms with Crippen molar-refractivity contribution in [3.63, 3.8) is 0 Å². The van der Waals surface area contributed by atoms with Gasteiger partial charge < -0.3 is 16.2 Å². The van der Waals surface area contributed by atoms with Crippen molar-refractivity contribution in [2.45, 2.75) is 32.7 Å². The third kappa shape index (κ3) is 2.45. The molecule has 3 heteroatoms. The maximum absolute atomic E-state index is 6.36. The first-order valence-electron chi connectivity index (χ1n) is 6.26. The van der Waals surface area contributed by atoms with Crippen molar-refractivity contribution in [1.29, 1.82) is 0 Å². The first kappa shape index (κ1) is 12.4. The van der Waals surface area contributed by atoms with E-state index < -0.39 is 0 Å². The Balaban J connectivity index is 2.22. The first-order valence-corrected chi connectivity index (χ1v) is 6.26. The second-order valence-electron chi connectivity index (χ2n) is 5.47. The predicted molar refractivity (Wildman–Crippen MR) is 70.0 cm³/mol. The van der Waals surface area contributed by atoms with E-state index in [2.05, 4.69) is 26.0 Å². The highest BCUT2D eigenvalue weighted by molar-refractivity contribution is 5.41. The Morgan fingerprint density at radius 2 is 2.18 bits per heavy atom. The van der Waals surface area contributed by atoms with Gasteiger partial charge in [0.1, 0.15) is 5.75 Å². The average Bonchev–Trinajstić information content (AvgIpc) is 2.74. The summed E-state index contributed by atoms with van der Waals surface area (Å²) in [5.41, 5.74) is 14.5. The van der Waals surface area contributed by atoms with Crippen molar-refractivity contribution in [2.24, 2.45) is 16.9 Å². The minimum atomic E-state index is 0.0250. The summed E-state index contributed by atoms with van der Waals surface area (Å²) < 4.78 is 5.51. The van der Waals surface area contributed by atoms with Crippen molar-refractivity contribution in [3.8, 4) is 5.75 Å². The molecule has 1 heterocycles. The quantitative estimate of drug-likeness (QED) is 0.837. The lowest BCUT2D eigenvalue weighted by Gasteiger charge is -2.31. The van der Waals surface area contributed by atoms with Gasteiger partial charge in [0.2, 0.25) is 0 Å². The molecule has 0 saturated heterocycles. The van der Waals surface area contributed by atoms with Gasteiger partial charge in [-0.3, -0.25) is 0 Å². The zero-order valence-corrected chi connectivity index (χ0v) is 10.7. The van der Waals surface area contributed by atoms with Gasteiger partial charge in [-0.05, 0) is 35.6 Å². The number of fused-ring (bicyclic) bond motifs is 1. The molecule has 0 fully saturated rings. The van der Waals surface area contributed by atoms with Crippen LogP contribution >= 0.6 is 0 Å². The molecule has 17 heavy (non-hydrogen) atoms. The minimum Gasteiger partial charge on any atom is -0.493 e. The lowest BCUT2D eigenvalue weighted by Crippen LogP contribution is -2.31. The largest absolute Gasteiger partial charge is 0.493 e. The van der Waals surface area contributed by atoms with Crippen molar-refractivity contribution < 1.29 is 4.74 Å². The molecule has 1 aliphatic rings. The number of nitrogens with two attached hydrogens (primary N) is 2. The predicted octanol–water partition coefficient (Wildman–Crippen LogP) is 2.00. The molecular weight excluding hydrogens is 212 g/mol. The van der Waals surface area contributed by atoms with E-state index in [0.29, 0.717) is 6.54 Å². The van der Waals surface area contributed by atoms with Crippen molar-refractivity contribution in [3.05, 3.63) is 29.3 Å². The average molecular weight is 234 g/mol. The van der Waals surface area contributed by atoms with Gasteiger partial charge in [0.05, 0.1) is 6.61 Å². The Kier molecular flexibility index (Phi) is 3.40. The smallest absolute Gasteiger partial charge is 0.122 e. The molecule has 0 aromatic heterocycles. The molecule has 0 spiro atoms. The van der Waals surface area contributed by atoms with E-state index in [0.717, 1.165) is 25.2 Å². The van der Waals surface area contributed by atoms with Crippen molar-refractivity contribution in [2.75, 3.05) is 13.2 Å². The second kappa shape index (κ2) is 4.67. The van der Waals surface area contributed by atoms with E-state index in [4.69, 9.17) is 16.2 Å². The van der Waals surface area contributed by atoms with Gasteiger partial charge in [-0.15, -0.1) is 0 Å². The summed E-state index contributed by atoms with van der Waals surface area (Å²) in [6.45, 7) is 5.82. The molecule has 1 aromatic carbocycles. The number of benzene rings is 1. The molecule has 1 aliphatic heterocycles. The standard InChI is InChI=1S/C14H22N2O/c1-14(2,6-7-15)13(16)11-3-4-12-10(9-11)5-8-17-12/h3-4,9,13H,5-8,15-16H2,1-2H3. The highest BCUT2D eigenvalue weighted by atomic mass is 16.5. The lowest BCUT2D eigenvalue weighted by atomic mass is 9.78. The van der Waals surface area contributed by atoms with E-state index in [1.54, 1.807) is 0 Å². The SMILES string of the molecule is CC(C)(CCN)C(N)c1ccc2c(c1)CCO2. The Morgan fingerprint density at radius 3 is 2.88 bits per heavy atom. The molecule has 0 aliphatic carbocycles. The maximum Gasteiger partial charge on any atom is 0.122 e. The highest BCUT2D eigenvalue weighted by Gasteiger charge is 2.27. The highest BCUT2D eigenvalue weighted by Crippen LogP contribution is 2.36. The van der Waals surface area contributed by atoms with Gasteiger partial charge in [0.15, 0.2) is 0 Å². The summed E-state index contributed by atoms with van der Waals surface area (Å²) in [6.07, 6.45) is 1.93. The van der Waals surface area contributed by atoms with Crippen LogP contribution in [-0.4, -0.2) is 13.2 Å². The summed E-state index contributed by atoms with van der Waals surface area (Å²) in [4.78, 5) is 0. The van der Waals surface area contributed by atoms with E-state index >= 15 is 0 Å². The third-order valence-corrected chi connectivity index (χ3v) is 3.70. The Bertz CT molecular complexity index is 401. The van der Waals surface area contributed by atoms with Crippen LogP contribution in [0.25, 0.3) is 0 Å². The fourth-order valence-electron chi connectivity index (χ4n) is 2.38. The Labute approximate surface area is 103 Å². The molecule has 1 unspecified atom stereocenters. The van der Waals surface area contributed by atoms with Crippen molar-refractivity contribution in [1.82, 2.24) is 0 Å². The van der Waals surface area contributed by atoms with Crippen LogP contribution in [0.5, 0.6) is 5.75 Å². The van der Waals surface area contributed by atoms with Crippen LogP contribution in [0.2, 0.25) is 0 Å². The van der Waals surface area contributed by atoms with Gasteiger partial charge in [-0.2, -0.15) is 0 Å². The van der Waals surface area contributed by atoms with E-state index in [1.165, 1.54) is 11.1 Å².